The second-order valence-corrected chi connectivity index (χ2v) is 8.46. The molecule has 2 aromatic carbocycles. The highest BCUT2D eigenvalue weighted by atomic mass is 79.9. The van der Waals surface area contributed by atoms with Gasteiger partial charge in [-0.15, -0.1) is 11.8 Å². The van der Waals surface area contributed by atoms with Gasteiger partial charge in [0, 0.05) is 22.0 Å². The molecule has 0 N–H and O–H groups in total. The van der Waals surface area contributed by atoms with Gasteiger partial charge >= 0.3 is 0 Å². The average Bonchev–Trinajstić information content (AvgIpc) is 3.20. The Labute approximate surface area is 217 Å². The first-order valence-corrected chi connectivity index (χ1v) is 11.4. The van der Waals surface area contributed by atoms with Gasteiger partial charge in [0.05, 0.1) is 6.61 Å². The van der Waals surface area contributed by atoms with Crippen LogP contribution >= 0.6 is 23.2 Å². The van der Waals surface area contributed by atoms with Crippen LogP contribution in [-0.4, -0.2) is 17.8 Å². The standard InChI is InChI=1S/C26H29Cl2N2O2.BrH/c1-4-5-6-15-31-25(23-11-10-22(27)17-24(23)28)18-30-13-12-29(19-30)14-16-32-26-20(2)8-7-9-21(26)3;/h7-13,17,19,25H,6,14-16,18H2,1-3H3;1H/q+1;/p-1. The maximum Gasteiger partial charge on any atom is 0.243 e. The monoisotopic (exact) mass is 550 g/mol. The SMILES string of the molecule is CC#CCCOC(C[n+]1ccn(CCOc2c(C)cccc2C)c1)c1ccc(Cl)cc1Cl.[Br-]. The Bertz CT molecular complexity index is 1080. The molecule has 0 saturated carbocycles. The number of rotatable bonds is 10. The van der Waals surface area contributed by atoms with Crippen LogP contribution < -0.4 is 26.3 Å². The van der Waals surface area contributed by atoms with E-state index in [9.17, 15) is 0 Å². The lowest BCUT2D eigenvalue weighted by Crippen LogP contribution is -3.00. The van der Waals surface area contributed by atoms with Crippen molar-refractivity contribution in [2.75, 3.05) is 13.2 Å². The molecule has 1 aromatic heterocycles. The lowest BCUT2D eigenvalue weighted by atomic mass is 10.1. The number of halogens is 3. The maximum atomic E-state index is 6.46. The van der Waals surface area contributed by atoms with E-state index in [0.29, 0.717) is 36.2 Å². The number of para-hydroxylation sites is 1. The summed E-state index contributed by atoms with van der Waals surface area (Å²) in [6, 6.07) is 11.7. The summed E-state index contributed by atoms with van der Waals surface area (Å²) < 4.78 is 16.4. The Hall–Kier alpha value is -1.97. The zero-order valence-corrected chi connectivity index (χ0v) is 22.3. The summed E-state index contributed by atoms with van der Waals surface area (Å²) >= 11 is 12.5. The van der Waals surface area contributed by atoms with Crippen molar-refractivity contribution in [3.63, 3.8) is 0 Å². The second-order valence-electron chi connectivity index (χ2n) is 7.62. The van der Waals surface area contributed by atoms with Crippen molar-refractivity contribution < 1.29 is 31.0 Å². The molecule has 1 atom stereocenters. The minimum Gasteiger partial charge on any atom is -1.00 e. The van der Waals surface area contributed by atoms with E-state index in [4.69, 9.17) is 32.7 Å². The van der Waals surface area contributed by atoms with Gasteiger partial charge in [-0.1, -0.05) is 47.5 Å². The van der Waals surface area contributed by atoms with Crippen LogP contribution in [0.15, 0.2) is 55.1 Å². The highest BCUT2D eigenvalue weighted by Crippen LogP contribution is 2.29. The average molecular weight is 552 g/mol. The van der Waals surface area contributed by atoms with Gasteiger partial charge in [0.15, 0.2) is 0 Å². The molecule has 0 saturated heterocycles. The molecular formula is C26H29BrCl2N2O2. The van der Waals surface area contributed by atoms with Crippen LogP contribution in [0.25, 0.3) is 0 Å². The summed E-state index contributed by atoms with van der Waals surface area (Å²) in [4.78, 5) is 0. The molecular weight excluding hydrogens is 523 g/mol. The van der Waals surface area contributed by atoms with Crippen molar-refractivity contribution in [2.24, 2.45) is 0 Å². The van der Waals surface area contributed by atoms with Crippen LogP contribution in [0.1, 0.15) is 36.1 Å². The van der Waals surface area contributed by atoms with Crippen LogP contribution in [0.2, 0.25) is 10.0 Å². The first kappa shape index (κ1) is 27.3. The van der Waals surface area contributed by atoms with Gasteiger partial charge in [-0.25, -0.2) is 9.13 Å². The first-order valence-electron chi connectivity index (χ1n) is 10.7. The van der Waals surface area contributed by atoms with E-state index in [-0.39, 0.29) is 23.1 Å². The molecule has 0 aliphatic rings. The zero-order valence-electron chi connectivity index (χ0n) is 19.2. The summed E-state index contributed by atoms with van der Waals surface area (Å²) in [5.74, 6) is 6.90. The maximum absolute atomic E-state index is 6.46. The number of ether oxygens (including phenoxy) is 2. The minimum atomic E-state index is -0.204. The molecule has 0 aliphatic carbocycles. The molecule has 0 fully saturated rings. The molecule has 33 heavy (non-hydrogen) atoms. The third-order valence-corrected chi connectivity index (χ3v) is 5.72. The van der Waals surface area contributed by atoms with Crippen LogP contribution in [-0.2, 0) is 17.8 Å². The van der Waals surface area contributed by atoms with Crippen molar-refractivity contribution in [3.8, 4) is 17.6 Å². The first-order chi connectivity index (χ1) is 15.5. The molecule has 1 unspecified atom stereocenters. The smallest absolute Gasteiger partial charge is 0.243 e. The van der Waals surface area contributed by atoms with Gasteiger partial charge in [0.1, 0.15) is 43.9 Å². The summed E-state index contributed by atoms with van der Waals surface area (Å²) in [6.07, 6.45) is 6.60. The molecule has 0 aliphatic heterocycles. The summed E-state index contributed by atoms with van der Waals surface area (Å²) in [5, 5.41) is 1.21. The highest BCUT2D eigenvalue weighted by molar-refractivity contribution is 6.35. The molecule has 0 amide bonds. The third kappa shape index (κ3) is 8.08. The molecule has 1 heterocycles. The van der Waals surface area contributed by atoms with Crippen molar-refractivity contribution in [3.05, 3.63) is 81.9 Å². The molecule has 3 rings (SSSR count). The van der Waals surface area contributed by atoms with Crippen LogP contribution in [0.5, 0.6) is 5.75 Å². The fourth-order valence-corrected chi connectivity index (χ4v) is 4.06. The fraction of sp³-hybridized carbons (Fsp3) is 0.346. The van der Waals surface area contributed by atoms with Gasteiger partial charge in [0.2, 0.25) is 6.33 Å². The van der Waals surface area contributed by atoms with Crippen molar-refractivity contribution in [1.29, 1.82) is 0 Å². The van der Waals surface area contributed by atoms with E-state index in [2.05, 4.69) is 53.3 Å². The Kier molecular flexibility index (Phi) is 11.3. The largest absolute Gasteiger partial charge is 1.00 e. The number of aryl methyl sites for hydroxylation is 2. The molecule has 0 radical (unpaired) electrons. The van der Waals surface area contributed by atoms with Gasteiger partial charge in [-0.3, -0.25) is 0 Å². The summed E-state index contributed by atoms with van der Waals surface area (Å²) in [7, 11) is 0. The van der Waals surface area contributed by atoms with E-state index >= 15 is 0 Å². The number of nitrogens with zero attached hydrogens (tertiary/aromatic N) is 2. The number of imidazole rings is 1. The van der Waals surface area contributed by atoms with E-state index < -0.39 is 0 Å². The predicted molar refractivity (Wildman–Crippen MR) is 129 cm³/mol. The van der Waals surface area contributed by atoms with Crippen molar-refractivity contribution in [1.82, 2.24) is 4.57 Å². The van der Waals surface area contributed by atoms with Gasteiger partial charge in [-0.2, -0.15) is 0 Å². The molecule has 7 heteroatoms. The number of hydrogen-bond acceptors (Lipinski definition) is 2. The normalized spacial score (nSPS) is 11.3. The predicted octanol–water partition coefficient (Wildman–Crippen LogP) is 2.95. The van der Waals surface area contributed by atoms with E-state index in [0.717, 1.165) is 29.0 Å². The summed E-state index contributed by atoms with van der Waals surface area (Å²) in [5.41, 5.74) is 3.22. The lowest BCUT2D eigenvalue weighted by Gasteiger charge is -2.17. The topological polar surface area (TPSA) is 27.3 Å². The van der Waals surface area contributed by atoms with E-state index in [1.807, 2.05) is 37.5 Å². The van der Waals surface area contributed by atoms with Crippen molar-refractivity contribution >= 4 is 23.2 Å². The minimum absolute atomic E-state index is 0. The molecule has 3 aromatic rings. The molecule has 0 bridgehead atoms. The second kappa shape index (κ2) is 13.7. The number of benzene rings is 2. The van der Waals surface area contributed by atoms with Gasteiger partial charge < -0.3 is 26.5 Å². The quantitative estimate of drug-likeness (QED) is 0.220. The lowest BCUT2D eigenvalue weighted by molar-refractivity contribution is -0.704. The Morgan fingerprint density at radius 2 is 1.85 bits per heavy atom. The molecule has 0 spiro atoms. The van der Waals surface area contributed by atoms with Gasteiger partial charge in [-0.05, 0) is 44.0 Å². The van der Waals surface area contributed by atoms with Crippen molar-refractivity contribution in [2.45, 2.75) is 46.4 Å². The number of aromatic nitrogens is 2. The third-order valence-electron chi connectivity index (χ3n) is 5.16. The fourth-order valence-electron chi connectivity index (χ4n) is 3.53. The Morgan fingerprint density at radius 3 is 2.55 bits per heavy atom. The van der Waals surface area contributed by atoms with Crippen LogP contribution in [0.3, 0.4) is 0 Å². The van der Waals surface area contributed by atoms with Crippen LogP contribution in [0.4, 0.5) is 0 Å². The highest BCUT2D eigenvalue weighted by Gasteiger charge is 2.19. The Balaban J connectivity index is 0.00000385. The molecule has 176 valence electrons. The zero-order chi connectivity index (χ0) is 22.9. The van der Waals surface area contributed by atoms with Crippen LogP contribution in [0, 0.1) is 25.7 Å². The van der Waals surface area contributed by atoms with E-state index in [1.54, 1.807) is 6.07 Å². The Morgan fingerprint density at radius 1 is 1.09 bits per heavy atom. The van der Waals surface area contributed by atoms with E-state index in [1.165, 1.54) is 0 Å². The van der Waals surface area contributed by atoms with Gasteiger partial charge in [0.25, 0.3) is 0 Å². The summed E-state index contributed by atoms with van der Waals surface area (Å²) in [6.45, 7) is 8.48. The number of hydrogen-bond donors (Lipinski definition) is 0. The molecule has 4 nitrogen and oxygen atoms in total.